The molecule has 6 nitrogen and oxygen atoms in total. The molecule has 0 bridgehead atoms. The average molecular weight is 282 g/mol. The first-order valence-electron chi connectivity index (χ1n) is 6.66. The molecule has 2 aromatic rings. The molecule has 0 amide bonds. The van der Waals surface area contributed by atoms with E-state index in [1.165, 1.54) is 6.33 Å². The standard InChI is InChI=1S/C15H18N6/c1-9(2)13-14(18-8-19-15(13)21-17)20-12-6-11(7-16)5-4-10(12)3/h4-6,8-9H,17H2,1-3H3,(H2,18,19,20,21). The average Bonchev–Trinajstić information content (AvgIpc) is 2.48. The van der Waals surface area contributed by atoms with Crippen molar-refractivity contribution in [2.24, 2.45) is 5.84 Å². The van der Waals surface area contributed by atoms with E-state index in [9.17, 15) is 0 Å². The summed E-state index contributed by atoms with van der Waals surface area (Å²) in [5.74, 6) is 6.99. The van der Waals surface area contributed by atoms with Crippen LogP contribution in [0.15, 0.2) is 24.5 Å². The Labute approximate surface area is 124 Å². The van der Waals surface area contributed by atoms with Crippen LogP contribution in [0.3, 0.4) is 0 Å². The quantitative estimate of drug-likeness (QED) is 0.589. The Morgan fingerprint density at radius 3 is 2.57 bits per heavy atom. The van der Waals surface area contributed by atoms with E-state index in [1.54, 1.807) is 12.1 Å². The summed E-state index contributed by atoms with van der Waals surface area (Å²) in [6, 6.07) is 7.63. The number of aromatic nitrogens is 2. The topological polar surface area (TPSA) is 99.6 Å². The van der Waals surface area contributed by atoms with Gasteiger partial charge in [-0.25, -0.2) is 15.8 Å². The Morgan fingerprint density at radius 1 is 1.24 bits per heavy atom. The van der Waals surface area contributed by atoms with Gasteiger partial charge >= 0.3 is 0 Å². The highest BCUT2D eigenvalue weighted by molar-refractivity contribution is 5.68. The van der Waals surface area contributed by atoms with Gasteiger partial charge in [0.15, 0.2) is 0 Å². The number of nitrogens with one attached hydrogen (secondary N) is 2. The van der Waals surface area contributed by atoms with Crippen LogP contribution in [-0.2, 0) is 0 Å². The first kappa shape index (κ1) is 14.8. The molecule has 0 saturated heterocycles. The van der Waals surface area contributed by atoms with Crippen molar-refractivity contribution in [3.05, 3.63) is 41.2 Å². The van der Waals surface area contributed by atoms with Crippen LogP contribution in [0.2, 0.25) is 0 Å². The highest BCUT2D eigenvalue weighted by Crippen LogP contribution is 2.30. The lowest BCUT2D eigenvalue weighted by Gasteiger charge is -2.17. The normalized spacial score (nSPS) is 10.3. The zero-order valence-corrected chi connectivity index (χ0v) is 12.3. The van der Waals surface area contributed by atoms with E-state index >= 15 is 0 Å². The van der Waals surface area contributed by atoms with Gasteiger partial charge in [-0.3, -0.25) is 0 Å². The Morgan fingerprint density at radius 2 is 1.95 bits per heavy atom. The predicted molar refractivity (Wildman–Crippen MR) is 83.1 cm³/mol. The molecule has 0 unspecified atom stereocenters. The highest BCUT2D eigenvalue weighted by Gasteiger charge is 2.15. The maximum absolute atomic E-state index is 9.01. The van der Waals surface area contributed by atoms with E-state index in [0.717, 1.165) is 16.8 Å². The molecule has 0 aliphatic heterocycles. The van der Waals surface area contributed by atoms with Gasteiger partial charge in [0, 0.05) is 11.3 Å². The van der Waals surface area contributed by atoms with Crippen LogP contribution in [0.1, 0.15) is 36.5 Å². The van der Waals surface area contributed by atoms with Gasteiger partial charge in [-0.15, -0.1) is 0 Å². The molecule has 0 atom stereocenters. The number of hydrazine groups is 1. The number of aryl methyl sites for hydroxylation is 1. The van der Waals surface area contributed by atoms with Gasteiger partial charge in [0.05, 0.1) is 11.6 Å². The molecule has 1 aromatic carbocycles. The van der Waals surface area contributed by atoms with Gasteiger partial charge in [-0.05, 0) is 30.5 Å². The Kier molecular flexibility index (Phi) is 4.36. The van der Waals surface area contributed by atoms with Crippen molar-refractivity contribution in [2.75, 3.05) is 10.7 Å². The van der Waals surface area contributed by atoms with Gasteiger partial charge in [-0.2, -0.15) is 5.26 Å². The maximum atomic E-state index is 9.01. The molecule has 108 valence electrons. The second-order valence-electron chi connectivity index (χ2n) is 5.05. The maximum Gasteiger partial charge on any atom is 0.148 e. The fraction of sp³-hybridized carbons (Fsp3) is 0.267. The summed E-state index contributed by atoms with van der Waals surface area (Å²) >= 11 is 0. The third-order valence-electron chi connectivity index (χ3n) is 3.22. The van der Waals surface area contributed by atoms with Gasteiger partial charge < -0.3 is 10.7 Å². The molecule has 21 heavy (non-hydrogen) atoms. The summed E-state index contributed by atoms with van der Waals surface area (Å²) in [7, 11) is 0. The van der Waals surface area contributed by atoms with Crippen molar-refractivity contribution in [1.82, 2.24) is 9.97 Å². The van der Waals surface area contributed by atoms with Gasteiger partial charge in [0.25, 0.3) is 0 Å². The number of nitrogens with zero attached hydrogens (tertiary/aromatic N) is 3. The molecule has 0 aliphatic carbocycles. The van der Waals surface area contributed by atoms with Crippen LogP contribution in [-0.4, -0.2) is 9.97 Å². The smallest absolute Gasteiger partial charge is 0.148 e. The van der Waals surface area contributed by atoms with E-state index in [1.807, 2.05) is 26.8 Å². The molecule has 0 saturated carbocycles. The summed E-state index contributed by atoms with van der Waals surface area (Å²) in [6.07, 6.45) is 1.45. The Bertz CT molecular complexity index is 687. The molecule has 1 heterocycles. The van der Waals surface area contributed by atoms with Crippen molar-refractivity contribution >= 4 is 17.3 Å². The fourth-order valence-electron chi connectivity index (χ4n) is 2.11. The van der Waals surface area contributed by atoms with E-state index in [2.05, 4.69) is 26.8 Å². The summed E-state index contributed by atoms with van der Waals surface area (Å²) in [6.45, 7) is 6.06. The number of nitriles is 1. The lowest BCUT2D eigenvalue weighted by Crippen LogP contribution is -2.14. The Balaban J connectivity index is 2.47. The zero-order valence-electron chi connectivity index (χ0n) is 12.3. The van der Waals surface area contributed by atoms with Crippen LogP contribution in [0.4, 0.5) is 17.3 Å². The minimum absolute atomic E-state index is 0.194. The number of benzene rings is 1. The van der Waals surface area contributed by atoms with Crippen LogP contribution >= 0.6 is 0 Å². The lowest BCUT2D eigenvalue weighted by molar-refractivity contribution is 0.850. The molecule has 1 aromatic heterocycles. The number of hydrogen-bond acceptors (Lipinski definition) is 6. The number of rotatable bonds is 4. The fourth-order valence-corrected chi connectivity index (χ4v) is 2.11. The third-order valence-corrected chi connectivity index (χ3v) is 3.22. The van der Waals surface area contributed by atoms with Crippen LogP contribution in [0.5, 0.6) is 0 Å². The van der Waals surface area contributed by atoms with Crippen molar-refractivity contribution in [3.8, 4) is 6.07 Å². The van der Waals surface area contributed by atoms with E-state index in [-0.39, 0.29) is 5.92 Å². The van der Waals surface area contributed by atoms with Crippen LogP contribution < -0.4 is 16.6 Å². The molecule has 0 radical (unpaired) electrons. The summed E-state index contributed by atoms with van der Waals surface area (Å²) in [4.78, 5) is 8.44. The molecule has 0 fully saturated rings. The van der Waals surface area contributed by atoms with E-state index < -0.39 is 0 Å². The zero-order chi connectivity index (χ0) is 15.4. The second kappa shape index (κ2) is 6.20. The van der Waals surface area contributed by atoms with Crippen LogP contribution in [0.25, 0.3) is 0 Å². The van der Waals surface area contributed by atoms with E-state index in [4.69, 9.17) is 11.1 Å². The van der Waals surface area contributed by atoms with E-state index in [0.29, 0.717) is 17.2 Å². The third kappa shape index (κ3) is 3.09. The molecule has 0 aliphatic rings. The molecular formula is C15H18N6. The second-order valence-corrected chi connectivity index (χ2v) is 5.05. The largest absolute Gasteiger partial charge is 0.340 e. The number of hydrogen-bond donors (Lipinski definition) is 3. The first-order valence-corrected chi connectivity index (χ1v) is 6.66. The minimum Gasteiger partial charge on any atom is -0.340 e. The van der Waals surface area contributed by atoms with Crippen LogP contribution in [0, 0.1) is 18.3 Å². The van der Waals surface area contributed by atoms with Crippen molar-refractivity contribution in [3.63, 3.8) is 0 Å². The Hall–Kier alpha value is -2.65. The number of nitrogen functional groups attached to an aromatic ring is 1. The number of anilines is 3. The van der Waals surface area contributed by atoms with Crippen molar-refractivity contribution in [1.29, 1.82) is 5.26 Å². The molecule has 0 spiro atoms. The van der Waals surface area contributed by atoms with Gasteiger partial charge in [0.1, 0.15) is 18.0 Å². The van der Waals surface area contributed by atoms with Gasteiger partial charge in [0.2, 0.25) is 0 Å². The van der Waals surface area contributed by atoms with Crippen molar-refractivity contribution in [2.45, 2.75) is 26.7 Å². The molecule has 6 heteroatoms. The van der Waals surface area contributed by atoms with Gasteiger partial charge in [-0.1, -0.05) is 19.9 Å². The van der Waals surface area contributed by atoms with Crippen molar-refractivity contribution < 1.29 is 0 Å². The number of nitrogens with two attached hydrogens (primary N) is 1. The highest BCUT2D eigenvalue weighted by atomic mass is 15.3. The SMILES string of the molecule is Cc1ccc(C#N)cc1Nc1ncnc(NN)c1C(C)C. The first-order chi connectivity index (χ1) is 10.1. The molecular weight excluding hydrogens is 264 g/mol. The molecule has 4 N–H and O–H groups in total. The summed E-state index contributed by atoms with van der Waals surface area (Å²) in [5, 5.41) is 12.3. The summed E-state index contributed by atoms with van der Waals surface area (Å²) in [5.41, 5.74) is 5.98. The minimum atomic E-state index is 0.194. The molecule has 2 rings (SSSR count). The monoisotopic (exact) mass is 282 g/mol. The summed E-state index contributed by atoms with van der Waals surface area (Å²) < 4.78 is 0. The predicted octanol–water partition coefficient (Wildman–Crippen LogP) is 2.81. The lowest BCUT2D eigenvalue weighted by atomic mass is 10.0.